The molecule has 0 aromatic heterocycles. The maximum atomic E-state index is 10.8. The zero-order valence-corrected chi connectivity index (χ0v) is 11.4. The summed E-state index contributed by atoms with van der Waals surface area (Å²) in [6.07, 6.45) is 2.17. The molecule has 1 aliphatic rings. The quantitative estimate of drug-likeness (QED) is 0.623. The van der Waals surface area contributed by atoms with Crippen LogP contribution >= 0.6 is 0 Å². The topological polar surface area (TPSA) is 79.4 Å². The van der Waals surface area contributed by atoms with Crippen LogP contribution in [0.25, 0.3) is 0 Å². The first kappa shape index (κ1) is 14.3. The number of hydrogen-bond acceptors (Lipinski definition) is 5. The van der Waals surface area contributed by atoms with Gasteiger partial charge in [-0.1, -0.05) is 0 Å². The van der Waals surface area contributed by atoms with Crippen molar-refractivity contribution < 1.29 is 9.66 Å². The summed E-state index contributed by atoms with van der Waals surface area (Å²) < 4.78 is 5.64. The van der Waals surface area contributed by atoms with Crippen molar-refractivity contribution in [3.8, 4) is 6.07 Å². The van der Waals surface area contributed by atoms with E-state index in [1.165, 1.54) is 12.1 Å². The molecule has 6 heteroatoms. The van der Waals surface area contributed by atoms with Crippen molar-refractivity contribution in [2.45, 2.75) is 25.9 Å². The summed E-state index contributed by atoms with van der Waals surface area (Å²) in [7, 11) is 0. The van der Waals surface area contributed by atoms with Crippen LogP contribution in [-0.2, 0) is 4.74 Å². The maximum absolute atomic E-state index is 10.8. The fraction of sp³-hybridized carbons (Fsp3) is 0.500. The van der Waals surface area contributed by atoms with Crippen LogP contribution in [0.2, 0.25) is 0 Å². The summed E-state index contributed by atoms with van der Waals surface area (Å²) in [5, 5.41) is 20.0. The van der Waals surface area contributed by atoms with Crippen LogP contribution in [0.1, 0.15) is 25.3 Å². The van der Waals surface area contributed by atoms with Crippen LogP contribution in [0, 0.1) is 21.4 Å². The predicted octanol–water partition coefficient (Wildman–Crippen LogP) is 2.47. The Bertz CT molecular complexity index is 537. The van der Waals surface area contributed by atoms with E-state index in [4.69, 9.17) is 4.74 Å². The lowest BCUT2D eigenvalue weighted by molar-refractivity contribution is -0.384. The molecule has 0 radical (unpaired) electrons. The molecule has 1 aliphatic heterocycles. The van der Waals surface area contributed by atoms with E-state index in [9.17, 15) is 15.4 Å². The lowest BCUT2D eigenvalue weighted by Crippen LogP contribution is -2.40. The third-order valence-corrected chi connectivity index (χ3v) is 3.43. The van der Waals surface area contributed by atoms with Gasteiger partial charge in [-0.15, -0.1) is 0 Å². The van der Waals surface area contributed by atoms with Gasteiger partial charge in [-0.3, -0.25) is 10.1 Å². The fourth-order valence-corrected chi connectivity index (χ4v) is 2.53. The highest BCUT2D eigenvalue weighted by molar-refractivity contribution is 5.63. The van der Waals surface area contributed by atoms with E-state index in [0.717, 1.165) is 31.6 Å². The van der Waals surface area contributed by atoms with E-state index in [2.05, 4.69) is 4.90 Å². The van der Waals surface area contributed by atoms with Crippen LogP contribution < -0.4 is 4.90 Å². The third kappa shape index (κ3) is 3.06. The fourth-order valence-electron chi connectivity index (χ4n) is 2.53. The minimum absolute atomic E-state index is 0.0522. The summed E-state index contributed by atoms with van der Waals surface area (Å²) in [5.41, 5.74) is 1.04. The van der Waals surface area contributed by atoms with Crippen LogP contribution in [0.15, 0.2) is 18.2 Å². The molecule has 1 heterocycles. The Morgan fingerprint density at radius 1 is 1.60 bits per heavy atom. The molecule has 0 amide bonds. The first-order valence-corrected chi connectivity index (χ1v) is 6.70. The van der Waals surface area contributed by atoms with Crippen LogP contribution in [0.5, 0.6) is 0 Å². The van der Waals surface area contributed by atoms with E-state index in [-0.39, 0.29) is 11.8 Å². The number of nitrogens with zero attached hydrogens (tertiary/aromatic N) is 3. The maximum Gasteiger partial charge on any atom is 0.270 e. The van der Waals surface area contributed by atoms with Gasteiger partial charge in [-0.2, -0.15) is 5.26 Å². The van der Waals surface area contributed by atoms with E-state index in [1.807, 2.05) is 13.0 Å². The SMILES string of the molecule is CCOC1CCCN(c2ccc([N+](=O)[O-])cc2C#N)C1. The molecule has 1 unspecified atom stereocenters. The number of ether oxygens (including phenoxy) is 1. The minimum atomic E-state index is -0.482. The number of non-ortho nitro benzene ring substituents is 1. The molecule has 0 saturated carbocycles. The van der Waals surface area contributed by atoms with Gasteiger partial charge in [0.2, 0.25) is 0 Å². The summed E-state index contributed by atoms with van der Waals surface area (Å²) in [5.74, 6) is 0. The average Bonchev–Trinajstić information content (AvgIpc) is 2.47. The molecule has 0 bridgehead atoms. The molecular weight excluding hydrogens is 258 g/mol. The summed E-state index contributed by atoms with van der Waals surface area (Å²) in [4.78, 5) is 12.3. The minimum Gasteiger partial charge on any atom is -0.377 e. The van der Waals surface area contributed by atoms with Gasteiger partial charge in [0.1, 0.15) is 6.07 Å². The number of nitro groups is 1. The van der Waals surface area contributed by atoms with Gasteiger partial charge in [0.15, 0.2) is 0 Å². The predicted molar refractivity (Wildman–Crippen MR) is 74.7 cm³/mol. The summed E-state index contributed by atoms with van der Waals surface area (Å²) in [6, 6.07) is 6.48. The van der Waals surface area contributed by atoms with Gasteiger partial charge >= 0.3 is 0 Å². The van der Waals surface area contributed by atoms with E-state index < -0.39 is 4.92 Å². The highest BCUT2D eigenvalue weighted by Crippen LogP contribution is 2.28. The molecule has 6 nitrogen and oxygen atoms in total. The van der Waals surface area contributed by atoms with Crippen molar-refractivity contribution in [2.75, 3.05) is 24.6 Å². The molecule has 0 spiro atoms. The Hall–Kier alpha value is -2.13. The van der Waals surface area contributed by atoms with Gasteiger partial charge in [0.05, 0.1) is 22.3 Å². The molecule has 0 aliphatic carbocycles. The third-order valence-electron chi connectivity index (χ3n) is 3.43. The largest absolute Gasteiger partial charge is 0.377 e. The number of piperidine rings is 1. The molecule has 1 aromatic carbocycles. The number of anilines is 1. The zero-order valence-electron chi connectivity index (χ0n) is 11.4. The molecule has 106 valence electrons. The molecule has 0 N–H and O–H groups in total. The number of hydrogen-bond donors (Lipinski definition) is 0. The van der Waals surface area contributed by atoms with Gasteiger partial charge in [-0.05, 0) is 25.8 Å². The van der Waals surface area contributed by atoms with Crippen molar-refractivity contribution in [2.24, 2.45) is 0 Å². The number of nitro benzene ring substituents is 1. The summed E-state index contributed by atoms with van der Waals surface area (Å²) >= 11 is 0. The number of nitriles is 1. The molecular formula is C14H17N3O3. The van der Waals surface area contributed by atoms with E-state index >= 15 is 0 Å². The number of benzene rings is 1. The molecule has 1 fully saturated rings. The van der Waals surface area contributed by atoms with Gasteiger partial charge in [0, 0.05) is 31.8 Å². The number of rotatable bonds is 4. The highest BCUT2D eigenvalue weighted by Gasteiger charge is 2.23. The lowest BCUT2D eigenvalue weighted by atomic mass is 10.0. The zero-order chi connectivity index (χ0) is 14.5. The van der Waals surface area contributed by atoms with Gasteiger partial charge < -0.3 is 9.64 Å². The average molecular weight is 275 g/mol. The molecule has 2 rings (SSSR count). The van der Waals surface area contributed by atoms with Crippen LogP contribution in [0.3, 0.4) is 0 Å². The van der Waals surface area contributed by atoms with Gasteiger partial charge in [0.25, 0.3) is 5.69 Å². The molecule has 1 aromatic rings. The first-order valence-electron chi connectivity index (χ1n) is 6.70. The smallest absolute Gasteiger partial charge is 0.270 e. The second-order valence-electron chi connectivity index (χ2n) is 4.74. The Labute approximate surface area is 117 Å². The Morgan fingerprint density at radius 3 is 3.05 bits per heavy atom. The standard InChI is InChI=1S/C14H17N3O3/c1-2-20-13-4-3-7-16(10-13)14-6-5-12(17(18)19)8-11(14)9-15/h5-6,8,13H,2-4,7,10H2,1H3. The first-order chi connectivity index (χ1) is 9.65. The second kappa shape index (κ2) is 6.35. The molecule has 1 atom stereocenters. The Morgan fingerprint density at radius 2 is 2.40 bits per heavy atom. The monoisotopic (exact) mass is 275 g/mol. The van der Waals surface area contributed by atoms with Crippen molar-refractivity contribution >= 4 is 11.4 Å². The normalized spacial score (nSPS) is 18.6. The Kier molecular flexibility index (Phi) is 4.53. The van der Waals surface area contributed by atoms with Crippen molar-refractivity contribution in [1.82, 2.24) is 0 Å². The van der Waals surface area contributed by atoms with Crippen molar-refractivity contribution in [1.29, 1.82) is 5.26 Å². The van der Waals surface area contributed by atoms with Gasteiger partial charge in [-0.25, -0.2) is 0 Å². The van der Waals surface area contributed by atoms with E-state index in [0.29, 0.717) is 12.2 Å². The lowest BCUT2D eigenvalue weighted by Gasteiger charge is -2.34. The molecule has 20 heavy (non-hydrogen) atoms. The van der Waals surface area contributed by atoms with Crippen molar-refractivity contribution in [3.63, 3.8) is 0 Å². The Balaban J connectivity index is 2.23. The van der Waals surface area contributed by atoms with Crippen LogP contribution in [-0.4, -0.2) is 30.7 Å². The second-order valence-corrected chi connectivity index (χ2v) is 4.74. The van der Waals surface area contributed by atoms with Crippen molar-refractivity contribution in [3.05, 3.63) is 33.9 Å². The van der Waals surface area contributed by atoms with Crippen LogP contribution in [0.4, 0.5) is 11.4 Å². The summed E-state index contributed by atoms with van der Waals surface area (Å²) in [6.45, 7) is 4.20. The molecule has 1 saturated heterocycles. The van der Waals surface area contributed by atoms with E-state index in [1.54, 1.807) is 6.07 Å². The highest BCUT2D eigenvalue weighted by atomic mass is 16.6.